The monoisotopic (exact) mass is 428 g/mol. The second-order valence-electron chi connectivity index (χ2n) is 6.74. The van der Waals surface area contributed by atoms with E-state index in [2.05, 4.69) is 11.1 Å². The van der Waals surface area contributed by atoms with Gasteiger partial charge in [-0.25, -0.2) is 18.5 Å². The molecule has 0 atom stereocenters. The van der Waals surface area contributed by atoms with Crippen molar-refractivity contribution in [1.29, 1.82) is 5.26 Å². The SMILES string of the molecule is N#Cc1ccc(/C=C/c2nc3ccccc3c(=O)n2-c2cccc(S(N)(=O)=O)c2)cc1. The lowest BCUT2D eigenvalue weighted by Crippen LogP contribution is -2.23. The number of sulfonamides is 1. The normalized spacial score (nSPS) is 11.6. The topological polar surface area (TPSA) is 119 Å². The minimum atomic E-state index is -3.94. The molecule has 0 amide bonds. The van der Waals surface area contributed by atoms with Gasteiger partial charge in [0.05, 0.1) is 33.1 Å². The van der Waals surface area contributed by atoms with Crippen LogP contribution in [-0.4, -0.2) is 18.0 Å². The summed E-state index contributed by atoms with van der Waals surface area (Å²) in [6.07, 6.45) is 3.43. The van der Waals surface area contributed by atoms with Gasteiger partial charge in [0, 0.05) is 0 Å². The molecule has 4 aromatic rings. The van der Waals surface area contributed by atoms with E-state index in [0.29, 0.717) is 28.0 Å². The third-order valence-electron chi connectivity index (χ3n) is 4.67. The molecule has 1 aromatic heterocycles. The lowest BCUT2D eigenvalue weighted by atomic mass is 10.1. The number of aromatic nitrogens is 2. The Labute approximate surface area is 178 Å². The number of benzene rings is 3. The van der Waals surface area contributed by atoms with Crippen molar-refractivity contribution in [3.63, 3.8) is 0 Å². The van der Waals surface area contributed by atoms with Gasteiger partial charge in [0.1, 0.15) is 5.82 Å². The standard InChI is InChI=1S/C23H16N4O3S/c24-15-17-10-8-16(9-11-17)12-13-22-26-21-7-2-1-6-20(21)23(28)27(22)18-4-3-5-19(14-18)31(25,29)30/h1-14H,(H2,25,29,30)/b13-12+. The van der Waals surface area contributed by atoms with E-state index in [9.17, 15) is 13.2 Å². The van der Waals surface area contributed by atoms with E-state index >= 15 is 0 Å². The van der Waals surface area contributed by atoms with E-state index in [1.165, 1.54) is 22.8 Å². The summed E-state index contributed by atoms with van der Waals surface area (Å²) in [6.45, 7) is 0. The quantitative estimate of drug-likeness (QED) is 0.536. The first-order chi connectivity index (χ1) is 14.9. The fourth-order valence-electron chi connectivity index (χ4n) is 3.15. The Balaban J connectivity index is 1.93. The molecule has 8 heteroatoms. The highest BCUT2D eigenvalue weighted by atomic mass is 32.2. The summed E-state index contributed by atoms with van der Waals surface area (Å²) in [6, 6.07) is 21.8. The summed E-state index contributed by atoms with van der Waals surface area (Å²) in [5.41, 5.74) is 1.86. The van der Waals surface area contributed by atoms with Crippen LogP contribution in [0.15, 0.2) is 82.5 Å². The number of hydrogen-bond donors (Lipinski definition) is 1. The van der Waals surface area contributed by atoms with Gasteiger partial charge in [-0.2, -0.15) is 5.26 Å². The summed E-state index contributed by atoms with van der Waals surface area (Å²) in [5.74, 6) is 0.319. The Bertz CT molecular complexity index is 1530. The molecule has 7 nitrogen and oxygen atoms in total. The van der Waals surface area contributed by atoms with Gasteiger partial charge >= 0.3 is 0 Å². The molecule has 0 saturated carbocycles. The van der Waals surface area contributed by atoms with Gasteiger partial charge in [0.25, 0.3) is 5.56 Å². The minimum Gasteiger partial charge on any atom is -0.268 e. The van der Waals surface area contributed by atoms with E-state index in [1.54, 1.807) is 66.7 Å². The maximum atomic E-state index is 13.3. The molecule has 1 heterocycles. The molecule has 0 bridgehead atoms. The molecular weight excluding hydrogens is 412 g/mol. The Hall–Kier alpha value is -4.06. The van der Waals surface area contributed by atoms with Crippen LogP contribution in [0.5, 0.6) is 0 Å². The van der Waals surface area contributed by atoms with Crippen molar-refractivity contribution in [2.24, 2.45) is 5.14 Å². The summed E-state index contributed by atoms with van der Waals surface area (Å²) >= 11 is 0. The van der Waals surface area contributed by atoms with Crippen molar-refractivity contribution in [2.75, 3.05) is 0 Å². The van der Waals surface area contributed by atoms with Crippen molar-refractivity contribution in [1.82, 2.24) is 9.55 Å². The molecule has 4 rings (SSSR count). The van der Waals surface area contributed by atoms with Crippen molar-refractivity contribution < 1.29 is 8.42 Å². The number of rotatable bonds is 4. The Morgan fingerprint density at radius 1 is 0.968 bits per heavy atom. The largest absolute Gasteiger partial charge is 0.268 e. The highest BCUT2D eigenvalue weighted by molar-refractivity contribution is 7.89. The predicted molar refractivity (Wildman–Crippen MR) is 119 cm³/mol. The second kappa shape index (κ2) is 7.99. The Kier molecular flexibility index (Phi) is 5.21. The summed E-state index contributed by atoms with van der Waals surface area (Å²) in [4.78, 5) is 17.8. The van der Waals surface area contributed by atoms with Gasteiger partial charge in [-0.1, -0.05) is 36.4 Å². The first-order valence-corrected chi connectivity index (χ1v) is 10.7. The number of hydrogen-bond acceptors (Lipinski definition) is 5. The first kappa shape index (κ1) is 20.2. The Morgan fingerprint density at radius 2 is 1.71 bits per heavy atom. The van der Waals surface area contributed by atoms with Crippen LogP contribution >= 0.6 is 0 Å². The van der Waals surface area contributed by atoms with Gasteiger partial charge in [0.2, 0.25) is 10.0 Å². The highest BCUT2D eigenvalue weighted by Gasteiger charge is 2.14. The lowest BCUT2D eigenvalue weighted by Gasteiger charge is -2.12. The summed E-state index contributed by atoms with van der Waals surface area (Å²) in [7, 11) is -3.94. The molecule has 2 N–H and O–H groups in total. The van der Waals surface area contributed by atoms with E-state index in [1.807, 2.05) is 0 Å². The predicted octanol–water partition coefficient (Wildman–Crippen LogP) is 3.08. The van der Waals surface area contributed by atoms with Gasteiger partial charge in [0.15, 0.2) is 0 Å². The zero-order chi connectivity index (χ0) is 22.0. The van der Waals surface area contributed by atoms with Crippen LogP contribution < -0.4 is 10.7 Å². The van der Waals surface area contributed by atoms with E-state index in [0.717, 1.165) is 5.56 Å². The van der Waals surface area contributed by atoms with Crippen LogP contribution in [0.1, 0.15) is 17.0 Å². The third kappa shape index (κ3) is 4.14. The molecule has 0 fully saturated rings. The number of para-hydroxylation sites is 1. The molecule has 3 aromatic carbocycles. The zero-order valence-corrected chi connectivity index (χ0v) is 17.0. The smallest absolute Gasteiger partial charge is 0.266 e. The number of nitrogens with two attached hydrogens (primary N) is 1. The van der Waals surface area contributed by atoms with Crippen molar-refractivity contribution in [3.8, 4) is 11.8 Å². The molecule has 0 aliphatic carbocycles. The van der Waals surface area contributed by atoms with Crippen LogP contribution in [0.3, 0.4) is 0 Å². The molecular formula is C23H16N4O3S. The Morgan fingerprint density at radius 3 is 2.42 bits per heavy atom. The molecule has 0 aliphatic heterocycles. The molecule has 31 heavy (non-hydrogen) atoms. The van der Waals surface area contributed by atoms with E-state index < -0.39 is 10.0 Å². The molecule has 0 unspecified atom stereocenters. The minimum absolute atomic E-state index is 0.105. The van der Waals surface area contributed by atoms with Crippen molar-refractivity contribution in [3.05, 3.63) is 100 Å². The van der Waals surface area contributed by atoms with Crippen LogP contribution in [0.2, 0.25) is 0 Å². The highest BCUT2D eigenvalue weighted by Crippen LogP contribution is 2.18. The number of fused-ring (bicyclic) bond motifs is 1. The van der Waals surface area contributed by atoms with Gasteiger partial charge in [-0.05, 0) is 54.1 Å². The first-order valence-electron chi connectivity index (χ1n) is 9.20. The molecule has 0 spiro atoms. The average molecular weight is 428 g/mol. The van der Waals surface area contributed by atoms with Gasteiger partial charge < -0.3 is 0 Å². The third-order valence-corrected chi connectivity index (χ3v) is 5.58. The number of nitrogens with zero attached hydrogens (tertiary/aromatic N) is 3. The summed E-state index contributed by atoms with van der Waals surface area (Å²) < 4.78 is 24.9. The summed E-state index contributed by atoms with van der Waals surface area (Å²) in [5, 5.41) is 14.6. The lowest BCUT2D eigenvalue weighted by molar-refractivity contribution is 0.597. The van der Waals surface area contributed by atoms with Crippen molar-refractivity contribution in [2.45, 2.75) is 4.90 Å². The average Bonchev–Trinajstić information content (AvgIpc) is 2.77. The molecule has 152 valence electrons. The zero-order valence-electron chi connectivity index (χ0n) is 16.1. The van der Waals surface area contributed by atoms with Crippen molar-refractivity contribution >= 4 is 33.1 Å². The molecule has 0 saturated heterocycles. The van der Waals surface area contributed by atoms with E-state index in [-0.39, 0.29) is 10.5 Å². The van der Waals surface area contributed by atoms with E-state index in [4.69, 9.17) is 10.4 Å². The van der Waals surface area contributed by atoms with Gasteiger partial charge in [-0.3, -0.25) is 9.36 Å². The van der Waals surface area contributed by atoms with Crippen LogP contribution in [0.4, 0.5) is 0 Å². The number of primary sulfonamides is 1. The maximum Gasteiger partial charge on any atom is 0.266 e. The maximum absolute atomic E-state index is 13.3. The number of nitriles is 1. The van der Waals surface area contributed by atoms with Crippen LogP contribution in [-0.2, 0) is 10.0 Å². The molecule has 0 aliphatic rings. The fraction of sp³-hybridized carbons (Fsp3) is 0. The van der Waals surface area contributed by atoms with Crippen LogP contribution in [0.25, 0.3) is 28.7 Å². The van der Waals surface area contributed by atoms with Crippen LogP contribution in [0, 0.1) is 11.3 Å². The van der Waals surface area contributed by atoms with Gasteiger partial charge in [-0.15, -0.1) is 0 Å². The molecule has 0 radical (unpaired) electrons. The fourth-order valence-corrected chi connectivity index (χ4v) is 3.70. The second-order valence-corrected chi connectivity index (χ2v) is 8.30.